The third kappa shape index (κ3) is 3.67. The van der Waals surface area contributed by atoms with E-state index in [4.69, 9.17) is 0 Å². The first-order valence-corrected chi connectivity index (χ1v) is 9.83. The van der Waals surface area contributed by atoms with E-state index in [1.165, 1.54) is 23.1 Å². The molecule has 0 spiro atoms. The molecule has 134 valence electrons. The van der Waals surface area contributed by atoms with Crippen LogP contribution in [0.4, 0.5) is 5.13 Å². The predicted octanol–water partition coefficient (Wildman–Crippen LogP) is 4.18. The fourth-order valence-corrected chi connectivity index (χ4v) is 4.24. The topological polar surface area (TPSA) is 71.3 Å². The molecule has 0 aliphatic carbocycles. The molecule has 1 amide bonds. The van der Waals surface area contributed by atoms with E-state index in [0.717, 1.165) is 21.5 Å². The Hall–Kier alpha value is -2.84. The second kappa shape index (κ2) is 7.42. The summed E-state index contributed by atoms with van der Waals surface area (Å²) in [5.74, 6) is -0.0915. The number of fused-ring (bicyclic) bond motifs is 1. The normalized spacial score (nSPS) is 17.4. The van der Waals surface area contributed by atoms with Crippen molar-refractivity contribution in [3.8, 4) is 0 Å². The molecule has 4 rings (SSSR count). The van der Waals surface area contributed by atoms with E-state index >= 15 is 0 Å². The molecule has 0 bridgehead atoms. The smallest absolute Gasteiger partial charge is 0.267 e. The molecule has 0 unspecified atom stereocenters. The summed E-state index contributed by atoms with van der Waals surface area (Å²) in [5.41, 5.74) is 1.87. The second-order valence-electron chi connectivity index (χ2n) is 5.77. The first-order chi connectivity index (χ1) is 13.1. The van der Waals surface area contributed by atoms with Gasteiger partial charge in [-0.2, -0.15) is 4.99 Å². The van der Waals surface area contributed by atoms with Crippen LogP contribution in [0.1, 0.15) is 10.6 Å². The van der Waals surface area contributed by atoms with Crippen molar-refractivity contribution in [2.24, 2.45) is 4.99 Å². The highest BCUT2D eigenvalue weighted by Crippen LogP contribution is 2.34. The van der Waals surface area contributed by atoms with Crippen molar-refractivity contribution in [1.29, 1.82) is 0 Å². The number of rotatable bonds is 4. The molecule has 0 saturated carbocycles. The molecule has 8 heteroatoms. The molecule has 1 saturated heterocycles. The van der Waals surface area contributed by atoms with Gasteiger partial charge in [-0.15, -0.1) is 16.8 Å². The number of amidine groups is 1. The van der Waals surface area contributed by atoms with Crippen LogP contribution in [0, 0.1) is 6.92 Å². The standard InChI is InChI=1S/C19H15N5OS2/c1-3-9-24-17(25)16(27-19(24)21-18-23-22-12(2)26-18)11-13-6-7-15-14(10-13)5-4-8-20-15/h3-8,10-11H,1,9H2,2H3. The summed E-state index contributed by atoms with van der Waals surface area (Å²) >= 11 is 2.72. The van der Waals surface area contributed by atoms with Crippen LogP contribution in [0.3, 0.4) is 0 Å². The third-order valence-corrected chi connectivity index (χ3v) is 5.57. The Kier molecular flexibility index (Phi) is 4.83. The van der Waals surface area contributed by atoms with Gasteiger partial charge in [0.1, 0.15) is 5.01 Å². The third-order valence-electron chi connectivity index (χ3n) is 3.83. The van der Waals surface area contributed by atoms with Crippen LogP contribution < -0.4 is 0 Å². The quantitative estimate of drug-likeness (QED) is 0.491. The summed E-state index contributed by atoms with van der Waals surface area (Å²) in [6.45, 7) is 6.00. The van der Waals surface area contributed by atoms with Crippen LogP contribution in [0.5, 0.6) is 0 Å². The average Bonchev–Trinajstić information content (AvgIpc) is 3.20. The van der Waals surface area contributed by atoms with Crippen molar-refractivity contribution < 1.29 is 4.79 Å². The van der Waals surface area contributed by atoms with Gasteiger partial charge < -0.3 is 0 Å². The van der Waals surface area contributed by atoms with Crippen LogP contribution in [0.25, 0.3) is 17.0 Å². The molecule has 27 heavy (non-hydrogen) atoms. The van der Waals surface area contributed by atoms with E-state index in [1.54, 1.807) is 17.2 Å². The maximum Gasteiger partial charge on any atom is 0.267 e. The van der Waals surface area contributed by atoms with Crippen molar-refractivity contribution in [3.63, 3.8) is 0 Å². The number of hydrogen-bond donors (Lipinski definition) is 0. The van der Waals surface area contributed by atoms with Gasteiger partial charge in [-0.05, 0) is 48.5 Å². The molecule has 3 heterocycles. The molecule has 1 aliphatic heterocycles. The number of benzene rings is 1. The van der Waals surface area contributed by atoms with E-state index in [1.807, 2.05) is 43.3 Å². The van der Waals surface area contributed by atoms with E-state index in [-0.39, 0.29) is 5.91 Å². The van der Waals surface area contributed by atoms with Crippen LogP contribution in [0.15, 0.2) is 59.1 Å². The molecule has 0 N–H and O–H groups in total. The van der Waals surface area contributed by atoms with Gasteiger partial charge in [0.05, 0.1) is 10.4 Å². The monoisotopic (exact) mass is 393 g/mol. The molecule has 0 atom stereocenters. The molecule has 0 radical (unpaired) electrons. The maximum atomic E-state index is 12.8. The minimum Gasteiger partial charge on any atom is -0.282 e. The predicted molar refractivity (Wildman–Crippen MR) is 111 cm³/mol. The number of amides is 1. The molecule has 1 fully saturated rings. The first-order valence-electron chi connectivity index (χ1n) is 8.20. The van der Waals surface area contributed by atoms with E-state index < -0.39 is 0 Å². The Morgan fingerprint density at radius 3 is 2.96 bits per heavy atom. The summed E-state index contributed by atoms with van der Waals surface area (Å²) in [6.07, 6.45) is 5.33. The van der Waals surface area contributed by atoms with Crippen molar-refractivity contribution in [1.82, 2.24) is 20.1 Å². The highest BCUT2D eigenvalue weighted by Gasteiger charge is 2.32. The lowest BCUT2D eigenvalue weighted by Gasteiger charge is -2.11. The van der Waals surface area contributed by atoms with Crippen LogP contribution in [0.2, 0.25) is 0 Å². The van der Waals surface area contributed by atoms with Gasteiger partial charge in [0.15, 0.2) is 5.17 Å². The Morgan fingerprint density at radius 2 is 2.19 bits per heavy atom. The minimum atomic E-state index is -0.0915. The Balaban J connectivity index is 1.69. The lowest BCUT2D eigenvalue weighted by molar-refractivity contribution is -0.121. The molecule has 2 aromatic heterocycles. The van der Waals surface area contributed by atoms with Crippen molar-refractivity contribution in [2.45, 2.75) is 6.92 Å². The molecular weight excluding hydrogens is 378 g/mol. The summed E-state index contributed by atoms with van der Waals surface area (Å²) in [5, 5.41) is 11.0. The van der Waals surface area contributed by atoms with Gasteiger partial charge >= 0.3 is 0 Å². The van der Waals surface area contributed by atoms with E-state index in [2.05, 4.69) is 26.8 Å². The summed E-state index contributed by atoms with van der Waals surface area (Å²) in [6, 6.07) is 9.83. The zero-order valence-electron chi connectivity index (χ0n) is 14.5. The second-order valence-corrected chi connectivity index (χ2v) is 7.94. The van der Waals surface area contributed by atoms with Gasteiger partial charge in [0.2, 0.25) is 5.13 Å². The number of hydrogen-bond acceptors (Lipinski definition) is 7. The maximum absolute atomic E-state index is 12.8. The zero-order valence-corrected chi connectivity index (χ0v) is 16.1. The number of carbonyl (C=O) groups is 1. The van der Waals surface area contributed by atoms with Gasteiger partial charge in [-0.1, -0.05) is 29.5 Å². The number of pyridine rings is 1. The molecular formula is C19H15N5OS2. The highest BCUT2D eigenvalue weighted by atomic mass is 32.2. The molecule has 6 nitrogen and oxygen atoms in total. The van der Waals surface area contributed by atoms with Crippen LogP contribution in [-0.2, 0) is 4.79 Å². The molecule has 3 aromatic rings. The number of nitrogens with zero attached hydrogens (tertiary/aromatic N) is 5. The van der Waals surface area contributed by atoms with E-state index in [0.29, 0.717) is 21.7 Å². The van der Waals surface area contributed by atoms with Crippen molar-refractivity contribution >= 4 is 56.3 Å². The number of thioether (sulfide) groups is 1. The largest absolute Gasteiger partial charge is 0.282 e. The first kappa shape index (κ1) is 17.6. The number of aliphatic imine (C=N–C) groups is 1. The van der Waals surface area contributed by atoms with Gasteiger partial charge in [0, 0.05) is 18.1 Å². The number of aromatic nitrogens is 3. The fraction of sp³-hybridized carbons (Fsp3) is 0.105. The summed E-state index contributed by atoms with van der Waals surface area (Å²) in [4.78, 5) is 23.9. The van der Waals surface area contributed by atoms with Crippen molar-refractivity contribution in [2.75, 3.05) is 6.54 Å². The number of aryl methyl sites for hydroxylation is 1. The summed E-state index contributed by atoms with van der Waals surface area (Å²) < 4.78 is 0. The van der Waals surface area contributed by atoms with Crippen LogP contribution >= 0.6 is 23.1 Å². The zero-order chi connectivity index (χ0) is 18.8. The fourth-order valence-electron chi connectivity index (χ4n) is 2.63. The lowest BCUT2D eigenvalue weighted by Crippen LogP contribution is -2.29. The molecule has 1 aromatic carbocycles. The van der Waals surface area contributed by atoms with Gasteiger partial charge in [-0.25, -0.2) is 0 Å². The Morgan fingerprint density at radius 1 is 1.30 bits per heavy atom. The van der Waals surface area contributed by atoms with Gasteiger partial charge in [-0.3, -0.25) is 14.7 Å². The Bertz CT molecular complexity index is 1100. The van der Waals surface area contributed by atoms with E-state index in [9.17, 15) is 4.79 Å². The minimum absolute atomic E-state index is 0.0915. The summed E-state index contributed by atoms with van der Waals surface area (Å²) in [7, 11) is 0. The lowest BCUT2D eigenvalue weighted by atomic mass is 10.1. The highest BCUT2D eigenvalue weighted by molar-refractivity contribution is 8.18. The van der Waals surface area contributed by atoms with Crippen molar-refractivity contribution in [3.05, 3.63) is 64.7 Å². The SMILES string of the molecule is C=CCN1C(=O)C(=Cc2ccc3ncccc3c2)SC1=Nc1nnc(C)s1. The molecule has 1 aliphatic rings. The Labute approximate surface area is 164 Å². The van der Waals surface area contributed by atoms with Crippen LogP contribution in [-0.4, -0.2) is 37.7 Å². The average molecular weight is 393 g/mol. The van der Waals surface area contributed by atoms with Gasteiger partial charge in [0.25, 0.3) is 5.91 Å². The number of carbonyl (C=O) groups excluding carboxylic acids is 1.